The number of amides is 1. The Labute approximate surface area is 126 Å². The maximum Gasteiger partial charge on any atom is 0.245 e. The van der Waals surface area contributed by atoms with Gasteiger partial charge in [0.25, 0.3) is 0 Å². The lowest BCUT2D eigenvalue weighted by molar-refractivity contribution is -0.117. The lowest BCUT2D eigenvalue weighted by Crippen LogP contribution is -2.27. The summed E-state index contributed by atoms with van der Waals surface area (Å²) in [6.45, 7) is 2.18. The summed E-state index contributed by atoms with van der Waals surface area (Å²) in [5.74, 6) is -0.192. The first-order valence-corrected chi connectivity index (χ1v) is 7.41. The minimum atomic E-state index is -0.647. The number of unbranched alkanes of at least 4 members (excludes halogenated alkanes) is 1. The Morgan fingerprint density at radius 1 is 1.10 bits per heavy atom. The molecular weight excluding hydrogens is 260 g/mol. The van der Waals surface area contributed by atoms with Gasteiger partial charge in [0, 0.05) is 5.69 Å². The normalized spacial score (nSPS) is 11.9. The Hall–Kier alpha value is -2.13. The van der Waals surface area contributed by atoms with E-state index < -0.39 is 6.04 Å². The summed E-state index contributed by atoms with van der Waals surface area (Å²) in [6.07, 6.45) is 3.45. The van der Waals surface area contributed by atoms with Crippen molar-refractivity contribution in [3.63, 3.8) is 0 Å². The van der Waals surface area contributed by atoms with Gasteiger partial charge in [-0.3, -0.25) is 4.79 Å². The van der Waals surface area contributed by atoms with Gasteiger partial charge in [0.2, 0.25) is 5.91 Å². The molecule has 2 aromatic rings. The van der Waals surface area contributed by atoms with Crippen molar-refractivity contribution in [2.75, 3.05) is 5.32 Å². The maximum absolute atomic E-state index is 12.1. The second-order valence-electron chi connectivity index (χ2n) is 5.18. The van der Waals surface area contributed by atoms with Crippen molar-refractivity contribution in [2.45, 2.75) is 32.2 Å². The number of rotatable bonds is 6. The average Bonchev–Trinajstić information content (AvgIpc) is 2.54. The van der Waals surface area contributed by atoms with Crippen LogP contribution in [0.15, 0.2) is 54.6 Å². The largest absolute Gasteiger partial charge is 0.324 e. The van der Waals surface area contributed by atoms with Crippen LogP contribution in [0.25, 0.3) is 0 Å². The van der Waals surface area contributed by atoms with Crippen LogP contribution >= 0.6 is 0 Å². The summed E-state index contributed by atoms with van der Waals surface area (Å²) < 4.78 is 0. The molecule has 0 unspecified atom stereocenters. The number of carbonyl (C=O) groups excluding carboxylic acids is 1. The molecule has 1 atom stereocenters. The summed E-state index contributed by atoms with van der Waals surface area (Å²) in [5, 5.41) is 2.86. The fourth-order valence-corrected chi connectivity index (χ4v) is 2.17. The van der Waals surface area contributed by atoms with Crippen molar-refractivity contribution in [1.29, 1.82) is 0 Å². The molecule has 3 heteroatoms. The molecule has 21 heavy (non-hydrogen) atoms. The molecule has 3 N–H and O–H groups in total. The number of carbonyl (C=O) groups is 1. The Balaban J connectivity index is 1.96. The maximum atomic E-state index is 12.1. The summed E-state index contributed by atoms with van der Waals surface area (Å²) >= 11 is 0. The number of nitrogens with one attached hydrogen (secondary N) is 1. The molecule has 2 aromatic carbocycles. The second-order valence-corrected chi connectivity index (χ2v) is 5.18. The highest BCUT2D eigenvalue weighted by molar-refractivity contribution is 5.95. The summed E-state index contributed by atoms with van der Waals surface area (Å²) in [4.78, 5) is 12.1. The van der Waals surface area contributed by atoms with Gasteiger partial charge in [0.15, 0.2) is 0 Å². The van der Waals surface area contributed by atoms with Gasteiger partial charge in [-0.05, 0) is 36.1 Å². The zero-order valence-corrected chi connectivity index (χ0v) is 12.4. The van der Waals surface area contributed by atoms with E-state index in [0.717, 1.165) is 17.7 Å². The third-order valence-corrected chi connectivity index (χ3v) is 3.48. The van der Waals surface area contributed by atoms with E-state index in [4.69, 9.17) is 5.73 Å². The van der Waals surface area contributed by atoms with Crippen LogP contribution < -0.4 is 11.1 Å². The molecule has 0 saturated heterocycles. The fourth-order valence-electron chi connectivity index (χ4n) is 2.17. The van der Waals surface area contributed by atoms with Gasteiger partial charge in [0.05, 0.1) is 0 Å². The zero-order valence-electron chi connectivity index (χ0n) is 12.4. The van der Waals surface area contributed by atoms with Gasteiger partial charge in [0.1, 0.15) is 6.04 Å². The molecule has 0 aliphatic heterocycles. The molecule has 0 spiro atoms. The van der Waals surface area contributed by atoms with Gasteiger partial charge in [-0.1, -0.05) is 55.8 Å². The Bertz CT molecular complexity index is 564. The van der Waals surface area contributed by atoms with Gasteiger partial charge in [-0.15, -0.1) is 0 Å². The van der Waals surface area contributed by atoms with Crippen LogP contribution in [0.2, 0.25) is 0 Å². The Kier molecular flexibility index (Phi) is 5.52. The summed E-state index contributed by atoms with van der Waals surface area (Å²) in [6, 6.07) is 16.7. The van der Waals surface area contributed by atoms with Crippen molar-refractivity contribution in [3.05, 3.63) is 65.7 Å². The second kappa shape index (κ2) is 7.60. The van der Waals surface area contributed by atoms with Crippen LogP contribution in [0.4, 0.5) is 5.69 Å². The molecule has 0 radical (unpaired) electrons. The van der Waals surface area contributed by atoms with Crippen molar-refractivity contribution >= 4 is 11.6 Å². The molecule has 0 fully saturated rings. The fraction of sp³-hybridized carbons (Fsp3) is 0.278. The van der Waals surface area contributed by atoms with Crippen LogP contribution in [-0.4, -0.2) is 5.91 Å². The van der Waals surface area contributed by atoms with Crippen LogP contribution in [0.5, 0.6) is 0 Å². The molecule has 1 amide bonds. The van der Waals surface area contributed by atoms with Gasteiger partial charge in [-0.2, -0.15) is 0 Å². The number of benzene rings is 2. The highest BCUT2D eigenvalue weighted by atomic mass is 16.2. The third-order valence-electron chi connectivity index (χ3n) is 3.48. The third kappa shape index (κ3) is 4.43. The zero-order chi connectivity index (χ0) is 15.1. The number of anilines is 1. The molecule has 2 rings (SSSR count). The van der Waals surface area contributed by atoms with Gasteiger partial charge in [-0.25, -0.2) is 0 Å². The van der Waals surface area contributed by atoms with Crippen molar-refractivity contribution < 1.29 is 4.79 Å². The van der Waals surface area contributed by atoms with Crippen LogP contribution in [0.1, 0.15) is 36.9 Å². The van der Waals surface area contributed by atoms with E-state index in [-0.39, 0.29) is 5.91 Å². The molecule has 0 saturated carbocycles. The highest BCUT2D eigenvalue weighted by Crippen LogP contribution is 2.15. The highest BCUT2D eigenvalue weighted by Gasteiger charge is 2.15. The molecule has 0 aliphatic rings. The Morgan fingerprint density at radius 3 is 2.38 bits per heavy atom. The van der Waals surface area contributed by atoms with E-state index in [1.54, 1.807) is 0 Å². The van der Waals surface area contributed by atoms with E-state index in [1.165, 1.54) is 18.4 Å². The van der Waals surface area contributed by atoms with Gasteiger partial charge < -0.3 is 11.1 Å². The first kappa shape index (κ1) is 15.3. The number of nitrogens with two attached hydrogens (primary N) is 1. The summed E-state index contributed by atoms with van der Waals surface area (Å²) in [7, 11) is 0. The van der Waals surface area contributed by atoms with Crippen molar-refractivity contribution in [2.24, 2.45) is 5.73 Å². The SMILES string of the molecule is CCCCc1ccc(NC(=O)[C@H](N)c2ccccc2)cc1. The monoisotopic (exact) mass is 282 g/mol. The lowest BCUT2D eigenvalue weighted by Gasteiger charge is -2.13. The molecule has 3 nitrogen and oxygen atoms in total. The molecule has 0 aromatic heterocycles. The first-order valence-electron chi connectivity index (χ1n) is 7.41. The molecule has 110 valence electrons. The van der Waals surface area contributed by atoms with E-state index in [1.807, 2.05) is 42.5 Å². The molecule has 0 aliphatic carbocycles. The van der Waals surface area contributed by atoms with E-state index in [2.05, 4.69) is 24.4 Å². The van der Waals surface area contributed by atoms with E-state index in [9.17, 15) is 4.79 Å². The minimum absolute atomic E-state index is 0.192. The first-order chi connectivity index (χ1) is 10.2. The number of aryl methyl sites for hydroxylation is 1. The number of hydrogen-bond donors (Lipinski definition) is 2. The van der Waals surface area contributed by atoms with E-state index >= 15 is 0 Å². The lowest BCUT2D eigenvalue weighted by atomic mass is 10.1. The summed E-state index contributed by atoms with van der Waals surface area (Å²) in [5.41, 5.74) is 8.86. The van der Waals surface area contributed by atoms with Crippen LogP contribution in [-0.2, 0) is 11.2 Å². The van der Waals surface area contributed by atoms with Crippen molar-refractivity contribution in [1.82, 2.24) is 0 Å². The molecular formula is C18H22N2O. The van der Waals surface area contributed by atoms with Crippen LogP contribution in [0.3, 0.4) is 0 Å². The average molecular weight is 282 g/mol. The van der Waals surface area contributed by atoms with E-state index in [0.29, 0.717) is 0 Å². The predicted molar refractivity (Wildman–Crippen MR) is 87.1 cm³/mol. The molecule has 0 bridgehead atoms. The predicted octanol–water partition coefficient (Wildman–Crippen LogP) is 3.67. The topological polar surface area (TPSA) is 55.1 Å². The number of hydrogen-bond acceptors (Lipinski definition) is 2. The van der Waals surface area contributed by atoms with Gasteiger partial charge >= 0.3 is 0 Å². The quantitative estimate of drug-likeness (QED) is 0.849. The minimum Gasteiger partial charge on any atom is -0.324 e. The standard InChI is InChI=1S/C18H22N2O/c1-2-3-7-14-10-12-16(13-11-14)20-18(21)17(19)15-8-5-4-6-9-15/h4-6,8-13,17H,2-3,7,19H2,1H3,(H,20,21)/t17-/m1/s1. The molecule has 0 heterocycles. The van der Waals surface area contributed by atoms with Crippen molar-refractivity contribution in [3.8, 4) is 0 Å². The smallest absolute Gasteiger partial charge is 0.245 e. The van der Waals surface area contributed by atoms with Crippen LogP contribution in [0, 0.1) is 0 Å². The Morgan fingerprint density at radius 2 is 1.76 bits per heavy atom.